The molecular formula is C27H42N4O5S. The van der Waals surface area contributed by atoms with E-state index in [0.29, 0.717) is 38.5 Å². The molecule has 0 spiro atoms. The predicted molar refractivity (Wildman–Crippen MR) is 149 cm³/mol. The number of anilines is 1. The minimum absolute atomic E-state index is 0.238. The topological polar surface area (TPSA) is 95.7 Å². The first-order valence-corrected chi connectivity index (χ1v) is 13.9. The Labute approximate surface area is 224 Å². The van der Waals surface area contributed by atoms with Crippen LogP contribution in [0.25, 0.3) is 0 Å². The van der Waals surface area contributed by atoms with Gasteiger partial charge in [-0.3, -0.25) is 14.2 Å². The summed E-state index contributed by atoms with van der Waals surface area (Å²) in [5, 5.41) is 4.27. The molecule has 0 unspecified atom stereocenters. The first kappa shape index (κ1) is 30.5. The van der Waals surface area contributed by atoms with E-state index >= 15 is 0 Å². The molecule has 0 amide bonds. The second kappa shape index (κ2) is 14.9. The maximum Gasteiger partial charge on any atom is 0.346 e. The molecular weight excluding hydrogens is 492 g/mol. The van der Waals surface area contributed by atoms with Gasteiger partial charge in [0.25, 0.3) is 5.56 Å². The molecule has 0 aliphatic rings. The molecule has 0 aliphatic heterocycles. The SMILES string of the molecule is CCCCCCCN(CCCOc1ccc(SC(C)(C)C(=O)OCC)cc1)c1nn(C)c(=O)n(C)c1=O. The van der Waals surface area contributed by atoms with E-state index in [9.17, 15) is 14.4 Å². The monoisotopic (exact) mass is 534 g/mol. The van der Waals surface area contributed by atoms with Crippen LogP contribution in [0, 0.1) is 0 Å². The Hall–Kier alpha value is -2.75. The van der Waals surface area contributed by atoms with Crippen LogP contribution in [0.3, 0.4) is 0 Å². The van der Waals surface area contributed by atoms with Crippen LogP contribution in [0.4, 0.5) is 5.82 Å². The van der Waals surface area contributed by atoms with Gasteiger partial charge in [-0.25, -0.2) is 9.48 Å². The highest BCUT2D eigenvalue weighted by Crippen LogP contribution is 2.34. The molecule has 1 aromatic carbocycles. The van der Waals surface area contributed by atoms with Crippen LogP contribution in [0.2, 0.25) is 0 Å². The predicted octanol–water partition coefficient (Wildman–Crippen LogP) is 4.16. The normalized spacial score (nSPS) is 11.4. The maximum absolute atomic E-state index is 12.8. The Balaban J connectivity index is 1.97. The van der Waals surface area contributed by atoms with Gasteiger partial charge in [-0.15, -0.1) is 16.9 Å². The fourth-order valence-corrected chi connectivity index (χ4v) is 4.80. The molecule has 206 valence electrons. The van der Waals surface area contributed by atoms with Crippen LogP contribution in [0.15, 0.2) is 38.8 Å². The lowest BCUT2D eigenvalue weighted by Crippen LogP contribution is -2.43. The van der Waals surface area contributed by atoms with Crippen molar-refractivity contribution < 1.29 is 14.3 Å². The summed E-state index contributed by atoms with van der Waals surface area (Å²) in [5.41, 5.74) is -0.816. The second-order valence-electron chi connectivity index (χ2n) is 9.50. The molecule has 2 aromatic rings. The number of hydrogen-bond donors (Lipinski definition) is 0. The van der Waals surface area contributed by atoms with Crippen molar-refractivity contribution >= 4 is 23.5 Å². The third-order valence-corrected chi connectivity index (χ3v) is 7.13. The lowest BCUT2D eigenvalue weighted by molar-refractivity contribution is -0.145. The van der Waals surface area contributed by atoms with Crippen molar-refractivity contribution in [2.45, 2.75) is 75.9 Å². The molecule has 0 fully saturated rings. The van der Waals surface area contributed by atoms with E-state index in [1.807, 2.05) is 43.0 Å². The summed E-state index contributed by atoms with van der Waals surface area (Å²) in [7, 11) is 3.04. The van der Waals surface area contributed by atoms with E-state index in [-0.39, 0.29) is 11.5 Å². The average Bonchev–Trinajstić information content (AvgIpc) is 2.87. The van der Waals surface area contributed by atoms with E-state index in [4.69, 9.17) is 9.47 Å². The zero-order valence-corrected chi connectivity index (χ0v) is 23.9. The van der Waals surface area contributed by atoms with Gasteiger partial charge in [-0.1, -0.05) is 32.6 Å². The van der Waals surface area contributed by atoms with Gasteiger partial charge in [-0.05, 0) is 57.9 Å². The number of rotatable bonds is 16. The van der Waals surface area contributed by atoms with Gasteiger partial charge in [-0.2, -0.15) is 0 Å². The second-order valence-corrected chi connectivity index (χ2v) is 11.2. The van der Waals surface area contributed by atoms with E-state index in [1.54, 1.807) is 14.0 Å². The van der Waals surface area contributed by atoms with Crippen molar-refractivity contribution in [1.82, 2.24) is 14.3 Å². The third-order valence-electron chi connectivity index (χ3n) is 5.94. The van der Waals surface area contributed by atoms with Crippen LogP contribution >= 0.6 is 11.8 Å². The van der Waals surface area contributed by atoms with Gasteiger partial charge in [0.15, 0.2) is 0 Å². The zero-order chi connectivity index (χ0) is 27.4. The van der Waals surface area contributed by atoms with Gasteiger partial charge >= 0.3 is 11.7 Å². The number of unbranched alkanes of at least 4 members (excludes halogenated alkanes) is 4. The molecule has 10 heteroatoms. The summed E-state index contributed by atoms with van der Waals surface area (Å²) < 4.78 is 12.7. The number of ether oxygens (including phenoxy) is 2. The first-order valence-electron chi connectivity index (χ1n) is 13.1. The van der Waals surface area contributed by atoms with E-state index < -0.39 is 10.4 Å². The van der Waals surface area contributed by atoms with Crippen molar-refractivity contribution in [3.63, 3.8) is 0 Å². The number of benzene rings is 1. The quantitative estimate of drug-likeness (QED) is 0.180. The van der Waals surface area contributed by atoms with Crippen molar-refractivity contribution in [1.29, 1.82) is 0 Å². The molecule has 0 N–H and O–H groups in total. The number of thioether (sulfide) groups is 1. The van der Waals surface area contributed by atoms with Crippen molar-refractivity contribution in [2.24, 2.45) is 14.1 Å². The number of carbonyl (C=O) groups is 1. The number of aromatic nitrogens is 3. The van der Waals surface area contributed by atoms with Gasteiger partial charge in [0.1, 0.15) is 10.5 Å². The Morgan fingerprint density at radius 3 is 2.30 bits per heavy atom. The lowest BCUT2D eigenvalue weighted by atomic mass is 10.1. The van der Waals surface area contributed by atoms with Gasteiger partial charge in [0.2, 0.25) is 5.82 Å². The number of carbonyl (C=O) groups excluding carboxylic acids is 1. The molecule has 2 rings (SSSR count). The fourth-order valence-electron chi connectivity index (χ4n) is 3.80. The number of hydrogen-bond acceptors (Lipinski definition) is 8. The number of esters is 1. The first-order chi connectivity index (χ1) is 17.6. The van der Waals surface area contributed by atoms with Crippen molar-refractivity contribution in [3.05, 3.63) is 45.1 Å². The fraction of sp³-hybridized carbons (Fsp3) is 0.630. The van der Waals surface area contributed by atoms with Gasteiger partial charge < -0.3 is 14.4 Å². The summed E-state index contributed by atoms with van der Waals surface area (Å²) in [5.74, 6) is 0.796. The summed E-state index contributed by atoms with van der Waals surface area (Å²) in [6, 6.07) is 7.64. The Kier molecular flexibility index (Phi) is 12.2. The summed E-state index contributed by atoms with van der Waals surface area (Å²) in [6.45, 7) is 9.81. The Bertz CT molecular complexity index is 1110. The number of aryl methyl sites for hydroxylation is 1. The molecule has 0 radical (unpaired) electrons. The standard InChI is InChI=1S/C27H42N4O5S/c1-7-9-10-11-12-18-31(23-24(32)29(5)26(34)30(6)28-23)19-13-20-36-21-14-16-22(17-15-21)37-27(3,4)25(33)35-8-2/h14-17H,7-13,18-20H2,1-6H3. The molecule has 0 bridgehead atoms. The third kappa shape index (κ3) is 9.25. The van der Waals surface area contributed by atoms with Crippen molar-refractivity contribution in [3.8, 4) is 5.75 Å². The van der Waals surface area contributed by atoms with Gasteiger partial charge in [0.05, 0.1) is 13.2 Å². The summed E-state index contributed by atoms with van der Waals surface area (Å²) in [6.07, 6.45) is 6.27. The molecule has 1 heterocycles. The van der Waals surface area contributed by atoms with E-state index in [0.717, 1.165) is 34.5 Å². The zero-order valence-electron chi connectivity index (χ0n) is 23.1. The average molecular weight is 535 g/mol. The Morgan fingerprint density at radius 2 is 1.65 bits per heavy atom. The molecule has 0 atom stereocenters. The Morgan fingerprint density at radius 1 is 1.00 bits per heavy atom. The summed E-state index contributed by atoms with van der Waals surface area (Å²) >= 11 is 1.45. The molecule has 0 saturated carbocycles. The molecule has 9 nitrogen and oxygen atoms in total. The van der Waals surface area contributed by atoms with Crippen molar-refractivity contribution in [2.75, 3.05) is 31.2 Å². The maximum atomic E-state index is 12.8. The lowest BCUT2D eigenvalue weighted by Gasteiger charge is -2.23. The highest BCUT2D eigenvalue weighted by atomic mass is 32.2. The smallest absolute Gasteiger partial charge is 0.346 e. The molecule has 0 aliphatic carbocycles. The van der Waals surface area contributed by atoms with E-state index in [2.05, 4.69) is 12.0 Å². The largest absolute Gasteiger partial charge is 0.494 e. The molecule has 0 saturated heterocycles. The van der Waals surface area contributed by atoms with Gasteiger partial charge in [0, 0.05) is 32.1 Å². The molecule has 37 heavy (non-hydrogen) atoms. The summed E-state index contributed by atoms with van der Waals surface area (Å²) in [4.78, 5) is 39.9. The van der Waals surface area contributed by atoms with Crippen LogP contribution < -0.4 is 20.9 Å². The minimum atomic E-state index is -0.676. The number of nitrogens with zero attached hydrogens (tertiary/aromatic N) is 4. The van der Waals surface area contributed by atoms with Crippen LogP contribution in [0.1, 0.15) is 66.2 Å². The molecule has 1 aromatic heterocycles. The van der Waals surface area contributed by atoms with E-state index in [1.165, 1.54) is 36.3 Å². The minimum Gasteiger partial charge on any atom is -0.494 e. The van der Waals surface area contributed by atoms with Crippen LogP contribution in [0.5, 0.6) is 5.75 Å². The highest BCUT2D eigenvalue weighted by Gasteiger charge is 2.30. The van der Waals surface area contributed by atoms with Crippen LogP contribution in [-0.4, -0.2) is 51.4 Å². The highest BCUT2D eigenvalue weighted by molar-refractivity contribution is 8.01. The van der Waals surface area contributed by atoms with Crippen LogP contribution in [-0.2, 0) is 23.6 Å².